The van der Waals surface area contributed by atoms with Gasteiger partial charge < -0.3 is 10.1 Å². The molecule has 0 aliphatic heterocycles. The Balaban J connectivity index is 2.75. The Morgan fingerprint density at radius 2 is 1.94 bits per heavy atom. The molecule has 17 heavy (non-hydrogen) atoms. The highest BCUT2D eigenvalue weighted by atomic mass is 16.5. The molecule has 0 aromatic heterocycles. The average Bonchev–Trinajstić information content (AvgIpc) is 2.27. The Kier molecular flexibility index (Phi) is 5.78. The number of hydrogen-bond acceptors (Lipinski definition) is 2. The van der Waals surface area contributed by atoms with Gasteiger partial charge in [0.05, 0.1) is 6.10 Å². The lowest BCUT2D eigenvalue weighted by atomic mass is 10.1. The van der Waals surface area contributed by atoms with Crippen molar-refractivity contribution in [3.05, 3.63) is 35.9 Å². The molecule has 0 aliphatic rings. The van der Waals surface area contributed by atoms with Gasteiger partial charge in [0.2, 0.25) is 0 Å². The van der Waals surface area contributed by atoms with E-state index in [1.54, 1.807) is 0 Å². The maximum Gasteiger partial charge on any atom is 0.126 e. The normalized spacial score (nSPS) is 13.2. The largest absolute Gasteiger partial charge is 0.490 e. The number of ether oxygens (including phenoxy) is 1. The van der Waals surface area contributed by atoms with Gasteiger partial charge in [0.25, 0.3) is 0 Å². The van der Waals surface area contributed by atoms with Gasteiger partial charge in [-0.25, -0.2) is 0 Å². The summed E-state index contributed by atoms with van der Waals surface area (Å²) in [6.07, 6.45) is 4.48. The standard InChI is InChI=1S/C15H23NO/c1-5-16-13(4)10-11-14-8-6-7-9-15(14)17-12(2)3/h6-13,16H,5H2,1-4H3/b11-10+. The van der Waals surface area contributed by atoms with Crippen molar-refractivity contribution in [2.75, 3.05) is 6.54 Å². The van der Waals surface area contributed by atoms with E-state index in [-0.39, 0.29) is 6.10 Å². The van der Waals surface area contributed by atoms with Gasteiger partial charge in [-0.2, -0.15) is 0 Å². The van der Waals surface area contributed by atoms with Crippen LogP contribution in [0.5, 0.6) is 5.75 Å². The van der Waals surface area contributed by atoms with Crippen LogP contribution in [0.3, 0.4) is 0 Å². The van der Waals surface area contributed by atoms with Gasteiger partial charge in [-0.05, 0) is 33.4 Å². The van der Waals surface area contributed by atoms with Crippen molar-refractivity contribution in [3.8, 4) is 5.75 Å². The molecule has 1 atom stereocenters. The second kappa shape index (κ2) is 7.13. The molecule has 1 aromatic carbocycles. The highest BCUT2D eigenvalue weighted by Gasteiger charge is 2.02. The highest BCUT2D eigenvalue weighted by molar-refractivity contribution is 5.57. The van der Waals surface area contributed by atoms with Gasteiger partial charge in [0, 0.05) is 11.6 Å². The van der Waals surface area contributed by atoms with E-state index in [0.29, 0.717) is 6.04 Å². The topological polar surface area (TPSA) is 21.3 Å². The third kappa shape index (κ3) is 5.05. The fourth-order valence-corrected chi connectivity index (χ4v) is 1.62. The summed E-state index contributed by atoms with van der Waals surface area (Å²) in [6, 6.07) is 8.50. The molecule has 0 amide bonds. The predicted octanol–water partition coefficient (Wildman–Crippen LogP) is 3.49. The molecule has 0 heterocycles. The van der Waals surface area contributed by atoms with Gasteiger partial charge in [-0.15, -0.1) is 0 Å². The summed E-state index contributed by atoms with van der Waals surface area (Å²) < 4.78 is 5.77. The lowest BCUT2D eigenvalue weighted by Crippen LogP contribution is -2.22. The molecule has 1 unspecified atom stereocenters. The summed E-state index contributed by atoms with van der Waals surface area (Å²) in [5, 5.41) is 3.35. The van der Waals surface area contributed by atoms with Gasteiger partial charge in [0.15, 0.2) is 0 Å². The van der Waals surface area contributed by atoms with Crippen LogP contribution in [-0.4, -0.2) is 18.7 Å². The maximum atomic E-state index is 5.77. The lowest BCUT2D eigenvalue weighted by Gasteiger charge is -2.12. The van der Waals surface area contributed by atoms with E-state index in [1.807, 2.05) is 32.0 Å². The molecule has 0 bridgehead atoms. The van der Waals surface area contributed by atoms with Crippen LogP contribution in [-0.2, 0) is 0 Å². The number of benzene rings is 1. The molecule has 1 rings (SSSR count). The average molecular weight is 233 g/mol. The van der Waals surface area contributed by atoms with Crippen LogP contribution < -0.4 is 10.1 Å². The quantitative estimate of drug-likeness (QED) is 0.812. The van der Waals surface area contributed by atoms with E-state index in [9.17, 15) is 0 Å². The molecular weight excluding hydrogens is 210 g/mol. The molecule has 0 saturated heterocycles. The first kappa shape index (κ1) is 13.8. The molecule has 2 heteroatoms. The van der Waals surface area contributed by atoms with E-state index in [2.05, 4.69) is 37.4 Å². The fraction of sp³-hybridized carbons (Fsp3) is 0.467. The van der Waals surface area contributed by atoms with Gasteiger partial charge in [-0.1, -0.05) is 37.3 Å². The van der Waals surface area contributed by atoms with E-state index >= 15 is 0 Å². The Bertz CT molecular complexity index is 358. The molecular formula is C15H23NO. The zero-order valence-electron chi connectivity index (χ0n) is 11.2. The minimum absolute atomic E-state index is 0.204. The van der Waals surface area contributed by atoms with E-state index in [1.165, 1.54) is 0 Å². The van der Waals surface area contributed by atoms with Crippen molar-refractivity contribution in [3.63, 3.8) is 0 Å². The number of likely N-dealkylation sites (N-methyl/N-ethyl adjacent to an activating group) is 1. The minimum atomic E-state index is 0.204. The summed E-state index contributed by atoms with van der Waals surface area (Å²) in [4.78, 5) is 0. The lowest BCUT2D eigenvalue weighted by molar-refractivity contribution is 0.242. The minimum Gasteiger partial charge on any atom is -0.490 e. The third-order valence-corrected chi connectivity index (χ3v) is 2.37. The molecule has 1 N–H and O–H groups in total. The van der Waals surface area contributed by atoms with Crippen LogP contribution in [0.1, 0.15) is 33.3 Å². The SMILES string of the molecule is CCNC(C)/C=C/c1ccccc1OC(C)C. The molecule has 0 fully saturated rings. The molecule has 0 aliphatic carbocycles. The number of nitrogens with one attached hydrogen (secondary N) is 1. The summed E-state index contributed by atoms with van der Waals surface area (Å²) in [5.41, 5.74) is 1.13. The fourth-order valence-electron chi connectivity index (χ4n) is 1.62. The van der Waals surface area contributed by atoms with Crippen molar-refractivity contribution < 1.29 is 4.74 Å². The van der Waals surface area contributed by atoms with Crippen molar-refractivity contribution >= 4 is 6.08 Å². The van der Waals surface area contributed by atoms with Crippen molar-refractivity contribution in [2.45, 2.75) is 39.8 Å². The van der Waals surface area contributed by atoms with E-state index < -0.39 is 0 Å². The first-order valence-electron chi connectivity index (χ1n) is 6.30. The third-order valence-electron chi connectivity index (χ3n) is 2.37. The monoisotopic (exact) mass is 233 g/mol. The summed E-state index contributed by atoms with van der Waals surface area (Å²) >= 11 is 0. The Morgan fingerprint density at radius 3 is 2.59 bits per heavy atom. The molecule has 0 saturated carbocycles. The van der Waals surface area contributed by atoms with Gasteiger partial charge in [-0.3, -0.25) is 0 Å². The van der Waals surface area contributed by atoms with Crippen molar-refractivity contribution in [2.24, 2.45) is 0 Å². The Morgan fingerprint density at radius 1 is 1.24 bits per heavy atom. The second-order valence-electron chi connectivity index (χ2n) is 4.41. The van der Waals surface area contributed by atoms with Crippen LogP contribution in [0.4, 0.5) is 0 Å². The Labute approximate surface area is 105 Å². The molecule has 0 radical (unpaired) electrons. The van der Waals surface area contributed by atoms with Crippen LogP contribution in [0.2, 0.25) is 0 Å². The van der Waals surface area contributed by atoms with E-state index in [0.717, 1.165) is 17.9 Å². The summed E-state index contributed by atoms with van der Waals surface area (Å²) in [6.45, 7) is 9.32. The number of hydrogen-bond donors (Lipinski definition) is 1. The van der Waals surface area contributed by atoms with Crippen LogP contribution in [0.25, 0.3) is 6.08 Å². The molecule has 2 nitrogen and oxygen atoms in total. The van der Waals surface area contributed by atoms with Crippen LogP contribution in [0.15, 0.2) is 30.3 Å². The molecule has 94 valence electrons. The smallest absolute Gasteiger partial charge is 0.126 e. The first-order valence-corrected chi connectivity index (χ1v) is 6.30. The summed E-state index contributed by atoms with van der Waals surface area (Å²) in [7, 11) is 0. The van der Waals surface area contributed by atoms with Crippen LogP contribution in [0, 0.1) is 0 Å². The zero-order valence-corrected chi connectivity index (χ0v) is 11.2. The summed E-state index contributed by atoms with van der Waals surface area (Å²) in [5.74, 6) is 0.947. The van der Waals surface area contributed by atoms with Gasteiger partial charge >= 0.3 is 0 Å². The maximum absolute atomic E-state index is 5.77. The van der Waals surface area contributed by atoms with Gasteiger partial charge in [0.1, 0.15) is 5.75 Å². The zero-order chi connectivity index (χ0) is 12.7. The van der Waals surface area contributed by atoms with Crippen molar-refractivity contribution in [1.29, 1.82) is 0 Å². The first-order chi connectivity index (χ1) is 8.13. The number of rotatable bonds is 6. The van der Waals surface area contributed by atoms with Crippen LogP contribution >= 0.6 is 0 Å². The van der Waals surface area contributed by atoms with E-state index in [4.69, 9.17) is 4.74 Å². The highest BCUT2D eigenvalue weighted by Crippen LogP contribution is 2.20. The molecule has 1 aromatic rings. The number of para-hydroxylation sites is 1. The molecule has 0 spiro atoms. The van der Waals surface area contributed by atoms with Crippen molar-refractivity contribution in [1.82, 2.24) is 5.32 Å². The second-order valence-corrected chi connectivity index (χ2v) is 4.41. The predicted molar refractivity (Wildman–Crippen MR) is 74.4 cm³/mol. The Hall–Kier alpha value is -1.28.